The Morgan fingerprint density at radius 3 is 0.907 bits per heavy atom. The first kappa shape index (κ1) is 37.5. The van der Waals surface area contributed by atoms with Gasteiger partial charge in [0.15, 0.2) is 0 Å². The molecule has 3 rings (SSSR count). The fourth-order valence-electron chi connectivity index (χ4n) is 7.78. The van der Waals surface area contributed by atoms with E-state index in [4.69, 9.17) is 0 Å². The SMILES string of the molecule is CCCCCCCCCCCCCCCCC1(CCCCCCCCCCCCCCCC)c2cc[se]c2-c2[se]ccc21. The van der Waals surface area contributed by atoms with Crippen LogP contribution in [-0.2, 0) is 5.41 Å². The third-order valence-corrected chi connectivity index (χ3v) is 15.0. The molecule has 2 aromatic heterocycles. The van der Waals surface area contributed by atoms with Crippen LogP contribution in [-0.4, -0.2) is 29.0 Å². The van der Waals surface area contributed by atoms with Crippen molar-refractivity contribution in [2.24, 2.45) is 0 Å². The second kappa shape index (κ2) is 24.2. The Morgan fingerprint density at radius 2 is 0.628 bits per heavy atom. The van der Waals surface area contributed by atoms with Crippen LogP contribution in [0.25, 0.3) is 8.87 Å². The van der Waals surface area contributed by atoms with Crippen LogP contribution in [0.15, 0.2) is 22.0 Å². The van der Waals surface area contributed by atoms with Gasteiger partial charge >= 0.3 is 192 Å². The zero-order valence-electron chi connectivity index (χ0n) is 28.8. The van der Waals surface area contributed by atoms with E-state index in [1.807, 2.05) is 8.87 Å². The quantitative estimate of drug-likeness (QED) is 0.0557. The summed E-state index contributed by atoms with van der Waals surface area (Å²) in [4.78, 5) is 5.09. The maximum absolute atomic E-state index is 2.59. The summed E-state index contributed by atoms with van der Waals surface area (Å²) in [5.41, 5.74) is 3.99. The normalized spacial score (nSPS) is 13.5. The minimum atomic E-state index is 0.391. The summed E-state index contributed by atoms with van der Waals surface area (Å²) in [6, 6.07) is 5.18. The van der Waals surface area contributed by atoms with Gasteiger partial charge < -0.3 is 0 Å². The molecule has 0 aliphatic heterocycles. The summed E-state index contributed by atoms with van der Waals surface area (Å²) in [5, 5.41) is 0. The second-order valence-corrected chi connectivity index (χ2v) is 17.9. The summed E-state index contributed by atoms with van der Waals surface area (Å²) in [6.45, 7) is 4.63. The average molecular weight is 721 g/mol. The van der Waals surface area contributed by atoms with Gasteiger partial charge in [-0.1, -0.05) is 90.9 Å². The van der Waals surface area contributed by atoms with Crippen LogP contribution in [0.3, 0.4) is 0 Å². The number of fused-ring (bicyclic) bond motifs is 3. The molecule has 0 atom stereocenters. The number of hydrogen-bond acceptors (Lipinski definition) is 0. The molecular weight excluding hydrogens is 650 g/mol. The van der Waals surface area contributed by atoms with Crippen LogP contribution in [0.1, 0.15) is 218 Å². The van der Waals surface area contributed by atoms with Crippen molar-refractivity contribution in [1.82, 2.24) is 0 Å². The van der Waals surface area contributed by atoms with Crippen molar-refractivity contribution in [2.45, 2.75) is 212 Å². The molecule has 246 valence electrons. The molecule has 2 heterocycles. The van der Waals surface area contributed by atoms with Gasteiger partial charge in [-0.25, -0.2) is 0 Å². The van der Waals surface area contributed by atoms with Crippen molar-refractivity contribution in [2.75, 3.05) is 0 Å². The van der Waals surface area contributed by atoms with Crippen molar-refractivity contribution in [3.8, 4) is 8.87 Å². The fourth-order valence-corrected chi connectivity index (χ4v) is 12.8. The molecule has 1 aliphatic carbocycles. The molecule has 0 unspecified atom stereocenters. The van der Waals surface area contributed by atoms with Gasteiger partial charge in [-0.05, 0) is 0 Å². The molecule has 0 bridgehead atoms. The third kappa shape index (κ3) is 13.7. The van der Waals surface area contributed by atoms with Crippen molar-refractivity contribution < 1.29 is 0 Å². The molecule has 0 aromatic carbocycles. The van der Waals surface area contributed by atoms with Crippen molar-refractivity contribution in [3.63, 3.8) is 0 Å². The molecule has 0 N–H and O–H groups in total. The van der Waals surface area contributed by atoms with E-state index in [0.29, 0.717) is 34.4 Å². The summed E-state index contributed by atoms with van der Waals surface area (Å²) in [7, 11) is 0. The number of unbranched alkanes of at least 4 members (excludes halogenated alkanes) is 26. The molecule has 0 spiro atoms. The number of hydrogen-bond donors (Lipinski definition) is 0. The predicted molar refractivity (Wildman–Crippen MR) is 196 cm³/mol. The predicted octanol–water partition coefficient (Wildman–Crippen LogP) is 13.8. The summed E-state index contributed by atoms with van der Waals surface area (Å²) >= 11 is 1.22. The van der Waals surface area contributed by atoms with E-state index in [-0.39, 0.29) is 0 Å². The summed E-state index contributed by atoms with van der Waals surface area (Å²) in [5.74, 6) is 0. The van der Waals surface area contributed by atoms with E-state index in [1.165, 1.54) is 193 Å². The Kier molecular flexibility index (Phi) is 21.1. The van der Waals surface area contributed by atoms with E-state index in [2.05, 4.69) is 35.9 Å². The van der Waals surface area contributed by atoms with Crippen LogP contribution in [0.5, 0.6) is 0 Å². The van der Waals surface area contributed by atoms with Gasteiger partial charge in [0.25, 0.3) is 0 Å². The first-order valence-corrected chi connectivity index (χ1v) is 23.2. The van der Waals surface area contributed by atoms with Gasteiger partial charge in [-0.2, -0.15) is 0 Å². The van der Waals surface area contributed by atoms with Crippen LogP contribution >= 0.6 is 0 Å². The molecule has 2 heteroatoms. The first-order valence-electron chi connectivity index (χ1n) is 19.5. The van der Waals surface area contributed by atoms with Gasteiger partial charge in [0, 0.05) is 0 Å². The summed E-state index contributed by atoms with van der Waals surface area (Å²) in [6.07, 6.45) is 43.7. The first-order chi connectivity index (χ1) is 21.3. The Morgan fingerprint density at radius 1 is 0.372 bits per heavy atom. The minimum absolute atomic E-state index is 0.391. The van der Waals surface area contributed by atoms with E-state index in [0.717, 1.165) is 0 Å². The van der Waals surface area contributed by atoms with Crippen LogP contribution in [0, 0.1) is 0 Å². The number of rotatable bonds is 30. The molecule has 1 aliphatic rings. The van der Waals surface area contributed by atoms with Crippen LogP contribution < -0.4 is 0 Å². The zero-order valence-corrected chi connectivity index (χ0v) is 32.3. The van der Waals surface area contributed by atoms with Crippen molar-refractivity contribution in [1.29, 1.82) is 0 Å². The van der Waals surface area contributed by atoms with E-state index in [1.54, 1.807) is 11.1 Å². The van der Waals surface area contributed by atoms with Crippen molar-refractivity contribution >= 4 is 29.0 Å². The molecular formula is C41H70Se2. The van der Waals surface area contributed by atoms with Crippen LogP contribution in [0.4, 0.5) is 0 Å². The van der Waals surface area contributed by atoms with Crippen LogP contribution in [0.2, 0.25) is 0 Å². The topological polar surface area (TPSA) is 0 Å². The molecule has 0 fully saturated rings. The van der Waals surface area contributed by atoms with Gasteiger partial charge in [-0.15, -0.1) is 0 Å². The Balaban J connectivity index is 1.28. The monoisotopic (exact) mass is 722 g/mol. The zero-order chi connectivity index (χ0) is 30.3. The molecule has 0 radical (unpaired) electrons. The standard InChI is InChI=1S/C41H70Se2/c1-3-5-7-9-11-13-15-17-19-21-23-25-27-29-33-41(37-31-35-42-39(37)40-38(41)32-36-43-40)34-30-28-26-24-22-20-18-16-14-12-10-8-6-4-2/h31-32,35-36H,3-30,33-34H2,1-2H3. The second-order valence-electron chi connectivity index (χ2n) is 14.1. The van der Waals surface area contributed by atoms with Gasteiger partial charge in [-0.3, -0.25) is 0 Å². The Hall–Kier alpha value is -0.00104. The molecule has 0 amide bonds. The van der Waals surface area contributed by atoms with Gasteiger partial charge in [0.2, 0.25) is 0 Å². The van der Waals surface area contributed by atoms with E-state index < -0.39 is 0 Å². The molecule has 43 heavy (non-hydrogen) atoms. The molecule has 0 saturated heterocycles. The van der Waals surface area contributed by atoms with Gasteiger partial charge in [0.05, 0.1) is 0 Å². The van der Waals surface area contributed by atoms with Crippen molar-refractivity contribution in [3.05, 3.63) is 33.1 Å². The molecule has 2 aromatic rings. The van der Waals surface area contributed by atoms with E-state index in [9.17, 15) is 0 Å². The average Bonchev–Trinajstić information content (AvgIpc) is 3.75. The van der Waals surface area contributed by atoms with Gasteiger partial charge in [0.1, 0.15) is 0 Å². The Labute approximate surface area is 281 Å². The fraction of sp³-hybridized carbons (Fsp3) is 0.805. The van der Waals surface area contributed by atoms with E-state index >= 15 is 0 Å². The Bertz CT molecular complexity index is 830. The molecule has 0 saturated carbocycles. The maximum atomic E-state index is 2.59. The summed E-state index contributed by atoms with van der Waals surface area (Å²) < 4.78 is 3.64. The third-order valence-electron chi connectivity index (χ3n) is 10.5. The molecule has 0 nitrogen and oxygen atoms in total.